The Morgan fingerprint density at radius 3 is 1.22 bits per heavy atom. The first-order valence-corrected chi connectivity index (χ1v) is 13.1. The van der Waals surface area contributed by atoms with Crippen molar-refractivity contribution in [2.75, 3.05) is 0 Å². The molecule has 0 heterocycles. The second-order valence-corrected chi connectivity index (χ2v) is 11.8. The van der Waals surface area contributed by atoms with Crippen molar-refractivity contribution < 1.29 is 25.8 Å². The average molecular weight is 644 g/mol. The van der Waals surface area contributed by atoms with Gasteiger partial charge < -0.3 is 0 Å². The van der Waals surface area contributed by atoms with Crippen molar-refractivity contribution in [1.82, 2.24) is 0 Å². The van der Waals surface area contributed by atoms with Gasteiger partial charge in [-0.2, -0.15) is 0 Å². The van der Waals surface area contributed by atoms with Gasteiger partial charge in [0.1, 0.15) is 0 Å². The third-order valence-electron chi connectivity index (χ3n) is 7.90. The molecule has 0 saturated heterocycles. The Morgan fingerprint density at radius 2 is 0.906 bits per heavy atom. The van der Waals surface area contributed by atoms with Gasteiger partial charge in [-0.25, -0.2) is 0 Å². The standard InChI is InChI=1S/C28H30Cl2Si.Hf/c1-17-23(19(3)27(5,25(17)29)21-13-9-7-10-14-21)31-24-18(2)26(30)28(6,20(24)4)22-15-11-8-12-16-22;/h7-16H,31H2,1-6H3;. The van der Waals surface area contributed by atoms with Crippen molar-refractivity contribution >= 4 is 32.7 Å². The van der Waals surface area contributed by atoms with E-state index in [1.165, 1.54) is 43.8 Å². The maximum absolute atomic E-state index is 7.04. The quantitative estimate of drug-likeness (QED) is 0.300. The van der Waals surface area contributed by atoms with Gasteiger partial charge in [-0.15, -0.1) is 0 Å². The molecular weight excluding hydrogens is 614 g/mol. The summed E-state index contributed by atoms with van der Waals surface area (Å²) >= 11 is 14.1. The predicted octanol–water partition coefficient (Wildman–Crippen LogP) is 7.67. The van der Waals surface area contributed by atoms with Crippen molar-refractivity contribution in [1.29, 1.82) is 0 Å². The van der Waals surface area contributed by atoms with Crippen LogP contribution in [0.15, 0.2) is 103 Å². The normalized spacial score (nSPS) is 26.1. The van der Waals surface area contributed by atoms with E-state index in [1.807, 2.05) is 0 Å². The van der Waals surface area contributed by atoms with Crippen LogP contribution in [0.5, 0.6) is 0 Å². The van der Waals surface area contributed by atoms with Crippen molar-refractivity contribution in [3.8, 4) is 0 Å². The van der Waals surface area contributed by atoms with Gasteiger partial charge in [0.05, 0.1) is 9.52 Å². The van der Waals surface area contributed by atoms with Gasteiger partial charge in [0.2, 0.25) is 0 Å². The van der Waals surface area contributed by atoms with Gasteiger partial charge >= 0.3 is 0 Å². The first-order valence-electron chi connectivity index (χ1n) is 10.9. The third-order valence-corrected chi connectivity index (χ3v) is 12.1. The van der Waals surface area contributed by atoms with Crippen LogP contribution in [-0.2, 0) is 36.7 Å². The van der Waals surface area contributed by atoms with Crippen LogP contribution in [0.2, 0.25) is 0 Å². The summed E-state index contributed by atoms with van der Waals surface area (Å²) in [5, 5.41) is 4.89. The molecular formula is C28H30Cl2HfSi. The molecule has 2 unspecified atom stereocenters. The molecule has 2 aliphatic carbocycles. The second kappa shape index (κ2) is 9.37. The maximum atomic E-state index is 7.04. The molecule has 0 amide bonds. The molecule has 2 aliphatic rings. The molecule has 0 bridgehead atoms. The van der Waals surface area contributed by atoms with Crippen molar-refractivity contribution in [3.63, 3.8) is 0 Å². The number of rotatable bonds is 4. The molecule has 2 aromatic rings. The fourth-order valence-electron chi connectivity index (χ4n) is 5.45. The average Bonchev–Trinajstić information content (AvgIpc) is 3.07. The van der Waals surface area contributed by atoms with Crippen LogP contribution in [0.3, 0.4) is 0 Å². The van der Waals surface area contributed by atoms with Gasteiger partial charge in [0.25, 0.3) is 0 Å². The van der Waals surface area contributed by atoms with Gasteiger partial charge in [0.15, 0.2) is 0 Å². The Morgan fingerprint density at radius 1 is 0.594 bits per heavy atom. The van der Waals surface area contributed by atoms with E-state index in [0.29, 0.717) is 0 Å². The summed E-state index contributed by atoms with van der Waals surface area (Å²) in [5.74, 6) is 0. The van der Waals surface area contributed by atoms with E-state index >= 15 is 0 Å². The number of hydrogen-bond acceptors (Lipinski definition) is 0. The van der Waals surface area contributed by atoms with Crippen LogP contribution in [0.1, 0.15) is 52.7 Å². The molecule has 2 atom stereocenters. The molecule has 32 heavy (non-hydrogen) atoms. The van der Waals surface area contributed by atoms with Gasteiger partial charge in [-0.3, -0.25) is 0 Å². The van der Waals surface area contributed by atoms with Crippen LogP contribution < -0.4 is 0 Å². The summed E-state index contributed by atoms with van der Waals surface area (Å²) in [7, 11) is -0.762. The number of hydrogen-bond donors (Lipinski definition) is 0. The van der Waals surface area contributed by atoms with Crippen LogP contribution in [0.25, 0.3) is 0 Å². The molecule has 0 radical (unpaired) electrons. The smallest absolute Gasteiger partial charge is 0.0875 e. The van der Waals surface area contributed by atoms with E-state index in [0.717, 1.165) is 10.1 Å². The summed E-state index contributed by atoms with van der Waals surface area (Å²) < 4.78 is 0. The van der Waals surface area contributed by atoms with E-state index in [4.69, 9.17) is 23.2 Å². The summed E-state index contributed by atoms with van der Waals surface area (Å²) in [4.78, 5) is 0. The van der Waals surface area contributed by atoms with E-state index in [2.05, 4.69) is 102 Å². The zero-order valence-corrected chi connectivity index (χ0v) is 26.3. The molecule has 0 aromatic heterocycles. The molecule has 164 valence electrons. The first-order chi connectivity index (χ1) is 14.6. The number of halogens is 2. The molecule has 0 aliphatic heterocycles. The van der Waals surface area contributed by atoms with Crippen LogP contribution in [-0.4, -0.2) is 9.52 Å². The fourth-order valence-corrected chi connectivity index (χ4v) is 8.88. The van der Waals surface area contributed by atoms with E-state index in [-0.39, 0.29) is 36.7 Å². The SMILES string of the molecule is CC1=C(Cl)C(C)(c2ccccc2)C(C)=C1[SiH2]C1=C(C)C(C)(c2ccccc2)C(Cl)=C1C.[Hf]. The Bertz CT molecular complexity index is 1080. The Kier molecular flexibility index (Phi) is 7.52. The van der Waals surface area contributed by atoms with E-state index in [9.17, 15) is 0 Å². The van der Waals surface area contributed by atoms with Crippen LogP contribution in [0.4, 0.5) is 0 Å². The van der Waals surface area contributed by atoms with Gasteiger partial charge in [-0.1, -0.05) is 105 Å². The molecule has 4 rings (SSSR count). The minimum atomic E-state index is -0.762. The molecule has 0 fully saturated rings. The summed E-state index contributed by atoms with van der Waals surface area (Å²) in [6.45, 7) is 13.5. The molecule has 0 N–H and O–H groups in total. The van der Waals surface area contributed by atoms with Crippen LogP contribution >= 0.6 is 23.2 Å². The fraction of sp³-hybridized carbons (Fsp3) is 0.286. The topological polar surface area (TPSA) is 0 Å². The van der Waals surface area contributed by atoms with E-state index in [1.54, 1.807) is 0 Å². The third kappa shape index (κ3) is 3.66. The van der Waals surface area contributed by atoms with Crippen molar-refractivity contribution in [2.24, 2.45) is 0 Å². The molecule has 0 nitrogen and oxygen atoms in total. The predicted molar refractivity (Wildman–Crippen MR) is 139 cm³/mol. The van der Waals surface area contributed by atoms with Crippen molar-refractivity contribution in [3.05, 3.63) is 115 Å². The van der Waals surface area contributed by atoms with Crippen molar-refractivity contribution in [2.45, 2.75) is 52.4 Å². The van der Waals surface area contributed by atoms with E-state index < -0.39 is 9.52 Å². The number of allylic oxidation sites excluding steroid dienone is 8. The Labute approximate surface area is 224 Å². The zero-order valence-electron chi connectivity index (χ0n) is 19.7. The van der Waals surface area contributed by atoms with Crippen LogP contribution in [0, 0.1) is 0 Å². The molecule has 0 spiro atoms. The largest absolute Gasteiger partial charge is 0.0882 e. The molecule has 0 saturated carbocycles. The summed E-state index contributed by atoms with van der Waals surface area (Å²) in [5.41, 5.74) is 7.34. The minimum absolute atomic E-state index is 0. The minimum Gasteiger partial charge on any atom is -0.0875 e. The summed E-state index contributed by atoms with van der Waals surface area (Å²) in [6, 6.07) is 21.3. The summed E-state index contributed by atoms with van der Waals surface area (Å²) in [6.07, 6.45) is 0. The number of benzene rings is 2. The zero-order chi connectivity index (χ0) is 22.6. The molecule has 2 aromatic carbocycles. The molecule has 4 heteroatoms. The first kappa shape index (κ1) is 25.7. The Hall–Kier alpha value is -0.933. The second-order valence-electron chi connectivity index (χ2n) is 9.24. The Balaban J connectivity index is 0.00000289. The van der Waals surface area contributed by atoms with Gasteiger partial charge in [-0.05, 0) is 63.8 Å². The van der Waals surface area contributed by atoms with Gasteiger partial charge in [0, 0.05) is 46.7 Å². The maximum Gasteiger partial charge on any atom is 0.0882 e. The monoisotopic (exact) mass is 644 g/mol.